The van der Waals surface area contributed by atoms with Crippen LogP contribution in [0.5, 0.6) is 0 Å². The smallest absolute Gasteiger partial charge is 0.381 e. The van der Waals surface area contributed by atoms with Gasteiger partial charge in [0.2, 0.25) is 20.0 Å². The Bertz CT molecular complexity index is 3670. The molecule has 2 aliphatic heterocycles. The fourth-order valence-corrected chi connectivity index (χ4v) is 12.3. The van der Waals surface area contributed by atoms with Gasteiger partial charge in [0.25, 0.3) is 11.1 Å². The number of carbonyl (C=O) groups excluding carboxylic acids is 1. The fourth-order valence-electron chi connectivity index (χ4n) is 9.15. The lowest BCUT2D eigenvalue weighted by atomic mass is 9.88. The number of terminal acetylenes is 2. The number of aryl methyl sites for hydroxylation is 1. The minimum absolute atomic E-state index is 0. The number of H-pyrrole nitrogens is 2. The second kappa shape index (κ2) is 24.0. The SMILES string of the molecule is C#CC(=O)N1[C@@H](c2ccc(S(=O)(=O)NC3CC3)cc2F)c2[nH]c3ccc(Cl)cc3c2C[C@@H]1C.C#CC(=O)O.C[C@H]1Cc2c([nH]c3ccc(Cl)cc23)[C@H](c2ccc(S(=O)(=O)NC3CC3)cc2F)N1.C[n+]1ccccc1Cl.I. The molecule has 4 aromatic carbocycles. The van der Waals surface area contributed by atoms with Crippen LogP contribution in [-0.4, -0.2) is 72.9 Å². The highest BCUT2D eigenvalue weighted by Gasteiger charge is 2.40. The van der Waals surface area contributed by atoms with Crippen molar-refractivity contribution in [2.45, 2.75) is 98.4 Å². The summed E-state index contributed by atoms with van der Waals surface area (Å²) in [5.41, 5.74) is 5.92. The van der Waals surface area contributed by atoms with Crippen LogP contribution in [0.15, 0.2) is 107 Å². The number of carboxylic acid groups (broad SMARTS) is 1. The van der Waals surface area contributed by atoms with Crippen LogP contribution < -0.4 is 19.3 Å². The Balaban J connectivity index is 0.000000178. The molecule has 6 N–H and O–H groups in total. The molecule has 7 aromatic rings. The molecule has 4 atom stereocenters. The van der Waals surface area contributed by atoms with E-state index in [-0.39, 0.29) is 63.5 Å². The number of carbonyl (C=O) groups is 2. The summed E-state index contributed by atoms with van der Waals surface area (Å²) in [5.74, 6) is 0.530. The van der Waals surface area contributed by atoms with Crippen LogP contribution in [0.25, 0.3) is 21.8 Å². The Labute approximate surface area is 471 Å². The molecule has 0 spiro atoms. The van der Waals surface area contributed by atoms with Crippen molar-refractivity contribution in [1.29, 1.82) is 0 Å². The van der Waals surface area contributed by atoms with Crippen LogP contribution in [0.4, 0.5) is 8.78 Å². The van der Waals surface area contributed by atoms with E-state index in [2.05, 4.69) is 44.0 Å². The van der Waals surface area contributed by atoms with Gasteiger partial charge in [-0.05, 0) is 148 Å². The maximum atomic E-state index is 15.5. The van der Waals surface area contributed by atoms with Crippen molar-refractivity contribution in [3.63, 3.8) is 0 Å². The monoisotopic (exact) mass is 1240 g/mol. The van der Waals surface area contributed by atoms with Crippen molar-refractivity contribution < 1.29 is 44.9 Å². The molecule has 2 fully saturated rings. The van der Waals surface area contributed by atoms with Gasteiger partial charge in [-0.3, -0.25) is 4.79 Å². The van der Waals surface area contributed by atoms with Crippen LogP contribution in [0.1, 0.15) is 85.3 Å². The minimum Gasteiger partial charge on any atom is -0.472 e. The number of nitrogens with one attached hydrogen (secondary N) is 5. The number of amides is 1. The molecule has 0 unspecified atom stereocenters. The molecule has 1 amide bonds. The molecule has 0 saturated heterocycles. The summed E-state index contributed by atoms with van der Waals surface area (Å²) in [4.78, 5) is 29.8. The third-order valence-corrected chi connectivity index (χ3v) is 16.9. The number of carboxylic acids is 1. The molecular formula is C54H52Cl3F2IN7O7S2+. The van der Waals surface area contributed by atoms with Gasteiger partial charge in [-0.1, -0.05) is 35.3 Å². The second-order valence-electron chi connectivity index (χ2n) is 18.7. The van der Waals surface area contributed by atoms with E-state index >= 15 is 8.78 Å². The van der Waals surface area contributed by atoms with Gasteiger partial charge in [0.05, 0.1) is 15.8 Å². The molecule has 0 bridgehead atoms. The Morgan fingerprint density at radius 1 is 0.724 bits per heavy atom. The lowest BCUT2D eigenvalue weighted by Crippen LogP contribution is -2.46. The number of pyridine rings is 1. The van der Waals surface area contributed by atoms with Crippen molar-refractivity contribution in [2.24, 2.45) is 7.05 Å². The first-order valence-corrected chi connectivity index (χ1v) is 27.8. The zero-order chi connectivity index (χ0) is 54.1. The molecule has 5 heterocycles. The minimum atomic E-state index is -3.82. The third-order valence-electron chi connectivity index (χ3n) is 13.0. The van der Waals surface area contributed by atoms with Crippen LogP contribution in [-0.2, 0) is 49.5 Å². The maximum absolute atomic E-state index is 15.5. The average molecular weight is 1250 g/mol. The van der Waals surface area contributed by atoms with Crippen molar-refractivity contribution in [3.05, 3.63) is 158 Å². The van der Waals surface area contributed by atoms with Crippen LogP contribution in [0, 0.1) is 36.3 Å². The number of aromatic nitrogens is 3. The van der Waals surface area contributed by atoms with Gasteiger partial charge < -0.3 is 25.3 Å². The van der Waals surface area contributed by atoms with Crippen molar-refractivity contribution in [2.75, 3.05) is 0 Å². The summed E-state index contributed by atoms with van der Waals surface area (Å²) in [6.45, 7) is 3.90. The molecule has 398 valence electrons. The fraction of sp³-hybridized carbons (Fsp3) is 0.278. The summed E-state index contributed by atoms with van der Waals surface area (Å²) < 4.78 is 87.5. The van der Waals surface area contributed by atoms with Gasteiger partial charge in [-0.2, -0.15) is 4.57 Å². The number of rotatable bonds is 8. The Kier molecular flexibility index (Phi) is 18.3. The number of nitrogens with zero attached hydrogens (tertiary/aromatic N) is 2. The van der Waals surface area contributed by atoms with Gasteiger partial charge in [0, 0.05) is 96.6 Å². The molecule has 3 aromatic heterocycles. The van der Waals surface area contributed by atoms with Crippen LogP contribution in [0.3, 0.4) is 0 Å². The molecular weight excluding hydrogens is 1190 g/mol. The Morgan fingerprint density at radius 3 is 1.67 bits per heavy atom. The summed E-state index contributed by atoms with van der Waals surface area (Å²) >= 11 is 18.1. The quantitative estimate of drug-likeness (QED) is 0.0375. The first kappa shape index (κ1) is 58.1. The number of fused-ring (bicyclic) bond motifs is 6. The molecule has 4 aliphatic rings. The Morgan fingerprint density at radius 2 is 1.22 bits per heavy atom. The van der Waals surface area contributed by atoms with Crippen LogP contribution in [0.2, 0.25) is 15.2 Å². The normalized spacial score (nSPS) is 18.6. The zero-order valence-electron chi connectivity index (χ0n) is 41.0. The molecule has 0 radical (unpaired) electrons. The van der Waals surface area contributed by atoms with Crippen LogP contribution >= 0.6 is 58.8 Å². The van der Waals surface area contributed by atoms with Gasteiger partial charge in [-0.15, -0.1) is 36.8 Å². The van der Waals surface area contributed by atoms with Crippen molar-refractivity contribution in [3.8, 4) is 24.7 Å². The molecule has 2 aliphatic carbocycles. The third kappa shape index (κ3) is 13.2. The summed E-state index contributed by atoms with van der Waals surface area (Å²) in [6.07, 6.45) is 16.2. The lowest BCUT2D eigenvalue weighted by molar-refractivity contribution is -0.669. The van der Waals surface area contributed by atoms with E-state index in [9.17, 15) is 21.6 Å². The highest BCUT2D eigenvalue weighted by Crippen LogP contribution is 2.43. The number of aromatic amines is 2. The largest absolute Gasteiger partial charge is 0.472 e. The van der Waals surface area contributed by atoms with Crippen molar-refractivity contribution >= 4 is 113 Å². The van der Waals surface area contributed by atoms with E-state index in [0.717, 1.165) is 88.0 Å². The van der Waals surface area contributed by atoms with E-state index in [1.165, 1.54) is 29.0 Å². The van der Waals surface area contributed by atoms with Gasteiger partial charge >= 0.3 is 5.97 Å². The maximum Gasteiger partial charge on any atom is 0.381 e. The summed E-state index contributed by atoms with van der Waals surface area (Å²) in [5, 5.41) is 14.8. The standard InChI is InChI=1S/C24H21ClFN3O3S.C21H21ClFN3O2S.C6H7ClN.C3H2O2.HI/c1-3-22(30)29-13(2)10-19-18-11-14(25)4-9-21(18)27-23(19)24(29)17-8-7-16(12-20(17)26)33(31,32)28-15-5-6-15;1-11-8-17-16-9-12(22)2-7-19(16)25-21(17)20(24-11)15-6-5-14(10-18(15)23)29(27,28)26-13-3-4-13;1-8-5-3-2-4-6(8)7;1-2-3(4)5;/h1,4,7-9,11-13,15,24,27-28H,5-6,10H2,2H3;2,5-7,9-11,13,20,24-26H,3-4,8H2,1H3;2-5H,1H3;1H,(H,4,5);1H/q;;+1;;/t13-,24-;11-,20-;;;/m00.../s1. The number of sulfonamides is 2. The van der Waals surface area contributed by atoms with Gasteiger partial charge in [0.15, 0.2) is 6.20 Å². The van der Waals surface area contributed by atoms with Gasteiger partial charge in [-0.25, -0.2) is 39.9 Å². The lowest BCUT2D eigenvalue weighted by Gasteiger charge is -2.40. The molecule has 11 rings (SSSR count). The van der Waals surface area contributed by atoms with Crippen molar-refractivity contribution in [1.82, 2.24) is 29.6 Å². The number of hydrogen-bond acceptors (Lipinski definition) is 7. The van der Waals surface area contributed by atoms with Gasteiger partial charge in [0.1, 0.15) is 24.7 Å². The van der Waals surface area contributed by atoms with E-state index in [1.54, 1.807) is 12.1 Å². The molecule has 2 saturated carbocycles. The predicted octanol–water partition coefficient (Wildman–Crippen LogP) is 9.41. The van der Waals surface area contributed by atoms with E-state index in [1.807, 2.05) is 73.3 Å². The first-order chi connectivity index (χ1) is 35.6. The highest BCUT2D eigenvalue weighted by atomic mass is 127. The summed E-state index contributed by atoms with van der Waals surface area (Å²) in [7, 11) is -5.61. The average Bonchev–Trinajstić information content (AvgIpc) is 4.30. The number of hydrogen-bond donors (Lipinski definition) is 6. The number of aliphatic carboxylic acids is 1. The summed E-state index contributed by atoms with van der Waals surface area (Å²) in [6, 6.07) is 23.2. The molecule has 76 heavy (non-hydrogen) atoms. The topological polar surface area (TPSA) is 197 Å². The molecule has 22 heteroatoms. The predicted molar refractivity (Wildman–Crippen MR) is 299 cm³/mol. The molecule has 14 nitrogen and oxygen atoms in total. The van der Waals surface area contributed by atoms with E-state index < -0.39 is 55.6 Å². The van der Waals surface area contributed by atoms with E-state index in [0.29, 0.717) is 27.7 Å². The first-order valence-electron chi connectivity index (χ1n) is 23.7. The number of halogens is 6. The second-order valence-corrected chi connectivity index (χ2v) is 23.4. The Hall–Kier alpha value is -5.59. The zero-order valence-corrected chi connectivity index (χ0v) is 47.2. The van der Waals surface area contributed by atoms with E-state index in [4.69, 9.17) is 51.1 Å². The number of benzene rings is 4. The highest BCUT2D eigenvalue weighted by molar-refractivity contribution is 14.0.